The number of hydrogen-bond donors (Lipinski definition) is 1. The van der Waals surface area contributed by atoms with Gasteiger partial charge in [-0.1, -0.05) is 36.8 Å². The number of hydrogen-bond acceptors (Lipinski definition) is 2. The number of nitrogens with zero attached hydrogens (tertiary/aromatic N) is 1. The Morgan fingerprint density at radius 2 is 2.04 bits per heavy atom. The molecule has 0 aliphatic carbocycles. The highest BCUT2D eigenvalue weighted by atomic mass is 35.5. The average Bonchev–Trinajstić information content (AvgIpc) is 2.54. The van der Waals surface area contributed by atoms with Crippen LogP contribution in [0.1, 0.15) is 49.7 Å². The SMILES string of the molecule is CCC(CC(=O)N1CCCC(CNC)C1)c1ccc(C)cc1.Cl. The fourth-order valence-corrected chi connectivity index (χ4v) is 3.42. The lowest BCUT2D eigenvalue weighted by Gasteiger charge is -2.33. The maximum Gasteiger partial charge on any atom is 0.223 e. The highest BCUT2D eigenvalue weighted by molar-refractivity contribution is 5.85. The maximum absolute atomic E-state index is 12.7. The minimum absolute atomic E-state index is 0. The summed E-state index contributed by atoms with van der Waals surface area (Å²) in [5.41, 5.74) is 2.57. The smallest absolute Gasteiger partial charge is 0.223 e. The maximum atomic E-state index is 12.7. The van der Waals surface area contributed by atoms with Gasteiger partial charge >= 0.3 is 0 Å². The summed E-state index contributed by atoms with van der Waals surface area (Å²) in [5, 5.41) is 3.24. The van der Waals surface area contributed by atoms with Crippen molar-refractivity contribution in [1.29, 1.82) is 0 Å². The van der Waals surface area contributed by atoms with Gasteiger partial charge in [0.15, 0.2) is 0 Å². The summed E-state index contributed by atoms with van der Waals surface area (Å²) in [6.45, 7) is 7.15. The van der Waals surface area contributed by atoms with Crippen molar-refractivity contribution in [3.63, 3.8) is 0 Å². The summed E-state index contributed by atoms with van der Waals surface area (Å²) < 4.78 is 0. The van der Waals surface area contributed by atoms with Gasteiger partial charge in [-0.05, 0) is 57.2 Å². The molecule has 1 heterocycles. The number of carbonyl (C=O) groups is 1. The quantitative estimate of drug-likeness (QED) is 0.856. The molecule has 1 aliphatic rings. The van der Waals surface area contributed by atoms with Crippen molar-refractivity contribution in [3.8, 4) is 0 Å². The lowest BCUT2D eigenvalue weighted by Crippen LogP contribution is -2.42. The van der Waals surface area contributed by atoms with Crippen LogP contribution in [0.3, 0.4) is 0 Å². The number of likely N-dealkylation sites (tertiary alicyclic amines) is 1. The zero-order valence-corrected chi connectivity index (χ0v) is 15.5. The molecule has 2 unspecified atom stereocenters. The number of nitrogens with one attached hydrogen (secondary N) is 1. The van der Waals surface area contributed by atoms with Gasteiger partial charge in [-0.3, -0.25) is 4.79 Å². The second kappa shape index (κ2) is 9.94. The Kier molecular flexibility index (Phi) is 8.64. The molecule has 4 heteroatoms. The molecular weight excluding hydrogens is 308 g/mol. The van der Waals surface area contributed by atoms with Crippen molar-refractivity contribution in [2.75, 3.05) is 26.7 Å². The van der Waals surface area contributed by atoms with E-state index in [1.807, 2.05) is 7.05 Å². The number of halogens is 1. The van der Waals surface area contributed by atoms with Crippen LogP contribution in [0, 0.1) is 12.8 Å². The van der Waals surface area contributed by atoms with Crippen molar-refractivity contribution in [1.82, 2.24) is 10.2 Å². The summed E-state index contributed by atoms with van der Waals surface area (Å²) >= 11 is 0. The monoisotopic (exact) mass is 338 g/mol. The first-order valence-corrected chi connectivity index (χ1v) is 8.63. The minimum atomic E-state index is 0. The standard InChI is InChI=1S/C19H30N2O.ClH/c1-4-17(18-9-7-15(2)8-10-18)12-19(22)21-11-5-6-16(14-21)13-20-3;/h7-10,16-17,20H,4-6,11-14H2,1-3H3;1H. The third-order valence-corrected chi connectivity index (χ3v) is 4.83. The van der Waals surface area contributed by atoms with Gasteiger partial charge in [0.1, 0.15) is 0 Å². The van der Waals surface area contributed by atoms with Crippen LogP contribution in [0.15, 0.2) is 24.3 Å². The lowest BCUT2D eigenvalue weighted by molar-refractivity contribution is -0.133. The zero-order chi connectivity index (χ0) is 15.9. The molecular formula is C19H31ClN2O. The van der Waals surface area contributed by atoms with Crippen molar-refractivity contribution in [2.24, 2.45) is 5.92 Å². The van der Waals surface area contributed by atoms with E-state index in [1.54, 1.807) is 0 Å². The Hall–Kier alpha value is -1.06. The first-order valence-electron chi connectivity index (χ1n) is 8.63. The summed E-state index contributed by atoms with van der Waals surface area (Å²) in [5.74, 6) is 1.29. The number of carbonyl (C=O) groups excluding carboxylic acids is 1. The highest BCUT2D eigenvalue weighted by Crippen LogP contribution is 2.26. The molecule has 130 valence electrons. The van der Waals surface area contributed by atoms with Crippen LogP contribution >= 0.6 is 12.4 Å². The van der Waals surface area contributed by atoms with Gasteiger partial charge in [-0.2, -0.15) is 0 Å². The second-order valence-electron chi connectivity index (χ2n) is 6.63. The molecule has 1 amide bonds. The molecule has 0 bridgehead atoms. The summed E-state index contributed by atoms with van der Waals surface area (Å²) in [6, 6.07) is 8.65. The van der Waals surface area contributed by atoms with E-state index in [4.69, 9.17) is 0 Å². The Bertz CT molecular complexity index is 473. The number of aryl methyl sites for hydroxylation is 1. The molecule has 1 aromatic carbocycles. The van der Waals surface area contributed by atoms with E-state index in [2.05, 4.69) is 48.3 Å². The van der Waals surface area contributed by atoms with Gasteiger partial charge in [0.2, 0.25) is 5.91 Å². The van der Waals surface area contributed by atoms with E-state index in [0.29, 0.717) is 24.2 Å². The largest absolute Gasteiger partial charge is 0.342 e. The molecule has 0 aromatic heterocycles. The third-order valence-electron chi connectivity index (χ3n) is 4.83. The average molecular weight is 339 g/mol. The first kappa shape index (κ1) is 20.0. The van der Waals surface area contributed by atoms with Crippen LogP contribution in [0.4, 0.5) is 0 Å². The molecule has 1 saturated heterocycles. The molecule has 0 saturated carbocycles. The molecule has 1 aromatic rings. The number of rotatable bonds is 6. The first-order chi connectivity index (χ1) is 10.6. The lowest BCUT2D eigenvalue weighted by atomic mass is 9.91. The predicted octanol–water partition coefficient (Wildman–Crippen LogP) is 3.76. The minimum Gasteiger partial charge on any atom is -0.342 e. The molecule has 3 nitrogen and oxygen atoms in total. The summed E-state index contributed by atoms with van der Waals surface area (Å²) in [7, 11) is 1.99. The molecule has 0 radical (unpaired) electrons. The van der Waals surface area contributed by atoms with Crippen LogP contribution in [0.25, 0.3) is 0 Å². The normalized spacial score (nSPS) is 19.1. The van der Waals surface area contributed by atoms with Gasteiger partial charge in [-0.25, -0.2) is 0 Å². The van der Waals surface area contributed by atoms with E-state index in [9.17, 15) is 4.79 Å². The second-order valence-corrected chi connectivity index (χ2v) is 6.63. The van der Waals surface area contributed by atoms with Crippen molar-refractivity contribution >= 4 is 18.3 Å². The molecule has 1 fully saturated rings. The van der Waals surface area contributed by atoms with E-state index >= 15 is 0 Å². The van der Waals surface area contributed by atoms with Gasteiger partial charge in [0.05, 0.1) is 0 Å². The van der Waals surface area contributed by atoms with Gasteiger partial charge in [-0.15, -0.1) is 12.4 Å². The van der Waals surface area contributed by atoms with E-state index in [0.717, 1.165) is 32.5 Å². The van der Waals surface area contributed by atoms with Crippen molar-refractivity contribution in [2.45, 2.75) is 45.4 Å². The number of benzene rings is 1. The third kappa shape index (κ3) is 5.82. The Morgan fingerprint density at radius 3 is 2.65 bits per heavy atom. The predicted molar refractivity (Wildman–Crippen MR) is 99.3 cm³/mol. The molecule has 1 N–H and O–H groups in total. The van der Waals surface area contributed by atoms with Crippen LogP contribution in [-0.4, -0.2) is 37.5 Å². The summed E-state index contributed by atoms with van der Waals surface area (Å²) in [4.78, 5) is 14.7. The Balaban J connectivity index is 0.00000264. The highest BCUT2D eigenvalue weighted by Gasteiger charge is 2.25. The molecule has 0 spiro atoms. The fraction of sp³-hybridized carbons (Fsp3) is 0.632. The van der Waals surface area contributed by atoms with E-state index in [-0.39, 0.29) is 12.4 Å². The van der Waals surface area contributed by atoms with Gasteiger partial charge in [0.25, 0.3) is 0 Å². The van der Waals surface area contributed by atoms with E-state index < -0.39 is 0 Å². The molecule has 1 aliphatic heterocycles. The zero-order valence-electron chi connectivity index (χ0n) is 14.7. The van der Waals surface area contributed by atoms with Crippen LogP contribution in [0.2, 0.25) is 0 Å². The topological polar surface area (TPSA) is 32.3 Å². The number of piperidine rings is 1. The van der Waals surface area contributed by atoms with E-state index in [1.165, 1.54) is 17.5 Å². The van der Waals surface area contributed by atoms with Crippen molar-refractivity contribution < 1.29 is 4.79 Å². The van der Waals surface area contributed by atoms with Gasteiger partial charge in [0, 0.05) is 19.5 Å². The molecule has 2 rings (SSSR count). The molecule has 2 atom stereocenters. The molecule has 23 heavy (non-hydrogen) atoms. The Labute approximate surface area is 147 Å². The van der Waals surface area contributed by atoms with Crippen LogP contribution in [0.5, 0.6) is 0 Å². The van der Waals surface area contributed by atoms with Gasteiger partial charge < -0.3 is 10.2 Å². The summed E-state index contributed by atoms with van der Waals surface area (Å²) in [6.07, 6.45) is 4.04. The van der Waals surface area contributed by atoms with Crippen LogP contribution in [-0.2, 0) is 4.79 Å². The van der Waals surface area contributed by atoms with Crippen LogP contribution < -0.4 is 5.32 Å². The number of amides is 1. The fourth-order valence-electron chi connectivity index (χ4n) is 3.42. The van der Waals surface area contributed by atoms with Crippen molar-refractivity contribution in [3.05, 3.63) is 35.4 Å². The Morgan fingerprint density at radius 1 is 1.35 bits per heavy atom.